The molecule has 28 heavy (non-hydrogen) atoms. The zero-order chi connectivity index (χ0) is 19.8. The Morgan fingerprint density at radius 2 is 1.68 bits per heavy atom. The summed E-state index contributed by atoms with van der Waals surface area (Å²) in [6.07, 6.45) is 1.68. The first-order valence-corrected chi connectivity index (χ1v) is 8.99. The standard InChI is InChI=1S/C22H23N3O3/c1-16-3-5-17(6-4-16)22(26)25-21-12-7-18(15-24-21)23-13-14-28-20-10-8-19(27-2)9-11-20/h3-12,15,23H,13-14H2,1-2H3,(H,24,25,26). The van der Waals surface area contributed by atoms with Crippen LogP contribution < -0.4 is 20.1 Å². The van der Waals surface area contributed by atoms with Crippen molar-refractivity contribution in [2.75, 3.05) is 30.9 Å². The van der Waals surface area contributed by atoms with E-state index >= 15 is 0 Å². The van der Waals surface area contributed by atoms with E-state index in [0.29, 0.717) is 24.5 Å². The maximum atomic E-state index is 12.2. The van der Waals surface area contributed by atoms with Crippen molar-refractivity contribution in [3.8, 4) is 11.5 Å². The summed E-state index contributed by atoms with van der Waals surface area (Å²) in [5.41, 5.74) is 2.57. The smallest absolute Gasteiger partial charge is 0.256 e. The Bertz CT molecular complexity index is 892. The third kappa shape index (κ3) is 5.48. The van der Waals surface area contributed by atoms with E-state index in [4.69, 9.17) is 9.47 Å². The second kappa shape index (κ2) is 9.41. The van der Waals surface area contributed by atoms with Gasteiger partial charge in [0, 0.05) is 12.1 Å². The van der Waals surface area contributed by atoms with Crippen molar-refractivity contribution in [3.05, 3.63) is 78.0 Å². The van der Waals surface area contributed by atoms with Crippen LogP contribution >= 0.6 is 0 Å². The molecule has 1 heterocycles. The van der Waals surface area contributed by atoms with Crippen LogP contribution in [0.2, 0.25) is 0 Å². The molecule has 2 N–H and O–H groups in total. The summed E-state index contributed by atoms with van der Waals surface area (Å²) in [5.74, 6) is 1.91. The Balaban J connectivity index is 1.43. The molecule has 144 valence electrons. The van der Waals surface area contributed by atoms with Gasteiger partial charge >= 0.3 is 0 Å². The van der Waals surface area contributed by atoms with Gasteiger partial charge in [-0.1, -0.05) is 17.7 Å². The zero-order valence-electron chi connectivity index (χ0n) is 15.9. The Morgan fingerprint density at radius 1 is 0.964 bits per heavy atom. The minimum absolute atomic E-state index is 0.180. The van der Waals surface area contributed by atoms with Crippen molar-refractivity contribution in [2.45, 2.75) is 6.92 Å². The number of hydrogen-bond donors (Lipinski definition) is 2. The van der Waals surface area contributed by atoms with E-state index in [2.05, 4.69) is 15.6 Å². The molecule has 0 bridgehead atoms. The molecule has 0 aliphatic carbocycles. The maximum Gasteiger partial charge on any atom is 0.256 e. The summed E-state index contributed by atoms with van der Waals surface area (Å²) in [6.45, 7) is 3.12. The van der Waals surface area contributed by atoms with Crippen LogP contribution in [0, 0.1) is 6.92 Å². The van der Waals surface area contributed by atoms with Gasteiger partial charge in [-0.3, -0.25) is 4.79 Å². The molecule has 0 atom stereocenters. The Hall–Kier alpha value is -3.54. The van der Waals surface area contributed by atoms with Crippen molar-refractivity contribution in [3.63, 3.8) is 0 Å². The third-order valence-corrected chi connectivity index (χ3v) is 4.08. The first-order chi connectivity index (χ1) is 13.6. The van der Waals surface area contributed by atoms with Crippen molar-refractivity contribution in [2.24, 2.45) is 0 Å². The number of aromatic nitrogens is 1. The monoisotopic (exact) mass is 377 g/mol. The molecule has 1 amide bonds. The number of rotatable bonds is 8. The number of aryl methyl sites for hydroxylation is 1. The van der Waals surface area contributed by atoms with E-state index in [9.17, 15) is 4.79 Å². The van der Waals surface area contributed by atoms with Crippen LogP contribution in [0.5, 0.6) is 11.5 Å². The molecule has 0 fully saturated rings. The van der Waals surface area contributed by atoms with Gasteiger partial charge < -0.3 is 20.1 Å². The number of carbonyl (C=O) groups is 1. The highest BCUT2D eigenvalue weighted by Crippen LogP contribution is 2.17. The fraction of sp³-hybridized carbons (Fsp3) is 0.182. The minimum atomic E-state index is -0.180. The molecule has 0 aliphatic heterocycles. The van der Waals surface area contributed by atoms with Gasteiger partial charge in [0.15, 0.2) is 0 Å². The van der Waals surface area contributed by atoms with Crippen LogP contribution in [0.25, 0.3) is 0 Å². The predicted octanol–water partition coefficient (Wildman–Crippen LogP) is 4.14. The summed E-state index contributed by atoms with van der Waals surface area (Å²) < 4.78 is 10.8. The number of methoxy groups -OCH3 is 1. The lowest BCUT2D eigenvalue weighted by Gasteiger charge is -2.10. The lowest BCUT2D eigenvalue weighted by molar-refractivity contribution is 0.102. The van der Waals surface area contributed by atoms with Gasteiger partial charge in [-0.05, 0) is 55.5 Å². The number of anilines is 2. The van der Waals surface area contributed by atoms with Crippen molar-refractivity contribution in [1.82, 2.24) is 4.98 Å². The second-order valence-corrected chi connectivity index (χ2v) is 6.20. The molecule has 1 aromatic heterocycles. The van der Waals surface area contributed by atoms with Crippen molar-refractivity contribution >= 4 is 17.4 Å². The molecular formula is C22H23N3O3. The number of hydrogen-bond acceptors (Lipinski definition) is 5. The molecule has 6 nitrogen and oxygen atoms in total. The van der Waals surface area contributed by atoms with Gasteiger partial charge in [0.05, 0.1) is 19.0 Å². The van der Waals surface area contributed by atoms with Gasteiger partial charge in [0.25, 0.3) is 5.91 Å². The predicted molar refractivity (Wildman–Crippen MR) is 110 cm³/mol. The molecule has 0 unspecified atom stereocenters. The van der Waals surface area contributed by atoms with E-state index in [1.54, 1.807) is 31.5 Å². The topological polar surface area (TPSA) is 72.5 Å². The summed E-state index contributed by atoms with van der Waals surface area (Å²) in [6, 6.07) is 18.5. The van der Waals surface area contributed by atoms with Gasteiger partial charge in [-0.2, -0.15) is 0 Å². The lowest BCUT2D eigenvalue weighted by Crippen LogP contribution is -2.14. The number of benzene rings is 2. The molecule has 0 aliphatic rings. The highest BCUT2D eigenvalue weighted by atomic mass is 16.5. The number of pyridine rings is 1. The summed E-state index contributed by atoms with van der Waals surface area (Å²) in [7, 11) is 1.63. The third-order valence-electron chi connectivity index (χ3n) is 4.08. The van der Waals surface area contributed by atoms with Gasteiger partial charge in [0.1, 0.15) is 23.9 Å². The summed E-state index contributed by atoms with van der Waals surface area (Å²) in [4.78, 5) is 16.5. The van der Waals surface area contributed by atoms with Gasteiger partial charge in [-0.25, -0.2) is 4.98 Å². The number of nitrogens with zero attached hydrogens (tertiary/aromatic N) is 1. The fourth-order valence-corrected chi connectivity index (χ4v) is 2.50. The molecule has 0 radical (unpaired) electrons. The highest BCUT2D eigenvalue weighted by molar-refractivity contribution is 6.03. The SMILES string of the molecule is COc1ccc(OCCNc2ccc(NC(=O)c3ccc(C)cc3)nc2)cc1. The van der Waals surface area contributed by atoms with E-state index in [0.717, 1.165) is 22.7 Å². The number of amides is 1. The number of ether oxygens (including phenoxy) is 2. The van der Waals surface area contributed by atoms with Gasteiger partial charge in [-0.15, -0.1) is 0 Å². The second-order valence-electron chi connectivity index (χ2n) is 6.20. The van der Waals surface area contributed by atoms with Crippen LogP contribution in [0.3, 0.4) is 0 Å². The average molecular weight is 377 g/mol. The van der Waals surface area contributed by atoms with Crippen LogP contribution in [0.1, 0.15) is 15.9 Å². The molecule has 3 aromatic rings. The van der Waals surface area contributed by atoms with Crippen molar-refractivity contribution < 1.29 is 14.3 Å². The number of carbonyl (C=O) groups excluding carboxylic acids is 1. The lowest BCUT2D eigenvalue weighted by atomic mass is 10.1. The molecule has 0 spiro atoms. The minimum Gasteiger partial charge on any atom is -0.497 e. The Morgan fingerprint density at radius 3 is 2.32 bits per heavy atom. The molecule has 3 rings (SSSR count). The maximum absolute atomic E-state index is 12.2. The normalized spacial score (nSPS) is 10.2. The Labute approximate surface area is 164 Å². The van der Waals surface area contributed by atoms with E-state index < -0.39 is 0 Å². The highest BCUT2D eigenvalue weighted by Gasteiger charge is 2.06. The summed E-state index contributed by atoms with van der Waals surface area (Å²) in [5, 5.41) is 6.02. The molecule has 0 saturated heterocycles. The molecular weight excluding hydrogens is 354 g/mol. The van der Waals surface area contributed by atoms with Crippen LogP contribution in [-0.4, -0.2) is 31.2 Å². The molecule has 6 heteroatoms. The zero-order valence-corrected chi connectivity index (χ0v) is 15.9. The van der Waals surface area contributed by atoms with Crippen LogP contribution in [-0.2, 0) is 0 Å². The van der Waals surface area contributed by atoms with Crippen molar-refractivity contribution in [1.29, 1.82) is 0 Å². The average Bonchev–Trinajstić information content (AvgIpc) is 2.73. The number of nitrogens with one attached hydrogen (secondary N) is 2. The summed E-state index contributed by atoms with van der Waals surface area (Å²) >= 11 is 0. The Kier molecular flexibility index (Phi) is 6.46. The van der Waals surface area contributed by atoms with E-state index in [1.807, 2.05) is 49.4 Å². The van der Waals surface area contributed by atoms with Crippen LogP contribution in [0.4, 0.5) is 11.5 Å². The van der Waals surface area contributed by atoms with E-state index in [1.165, 1.54) is 0 Å². The quantitative estimate of drug-likeness (QED) is 0.577. The largest absolute Gasteiger partial charge is 0.497 e. The first kappa shape index (κ1) is 19.2. The molecule has 0 saturated carbocycles. The fourth-order valence-electron chi connectivity index (χ4n) is 2.50. The molecule has 2 aromatic carbocycles. The van der Waals surface area contributed by atoms with Crippen LogP contribution in [0.15, 0.2) is 66.9 Å². The first-order valence-electron chi connectivity index (χ1n) is 8.99. The van der Waals surface area contributed by atoms with Gasteiger partial charge in [0.2, 0.25) is 0 Å². The van der Waals surface area contributed by atoms with E-state index in [-0.39, 0.29) is 5.91 Å².